The number of carbonyl (C=O) groups is 1. The molecule has 0 aromatic rings. The van der Waals surface area contributed by atoms with Gasteiger partial charge in [-0.3, -0.25) is 4.79 Å². The zero-order chi connectivity index (χ0) is 12.4. The van der Waals surface area contributed by atoms with E-state index < -0.39 is 11.3 Å². The van der Waals surface area contributed by atoms with Crippen molar-refractivity contribution >= 4 is 22.9 Å². The zero-order valence-corrected chi connectivity index (χ0v) is 12.6. The first-order valence-corrected chi connectivity index (χ1v) is 6.05. The first kappa shape index (κ1) is 19.2. The number of amides is 1. The lowest BCUT2D eigenvalue weighted by Crippen LogP contribution is -2.39. The van der Waals surface area contributed by atoms with Gasteiger partial charge in [-0.25, -0.2) is 0 Å². The van der Waals surface area contributed by atoms with E-state index in [9.17, 15) is 4.79 Å². The van der Waals surface area contributed by atoms with Crippen molar-refractivity contribution < 1.29 is 14.6 Å². The van der Waals surface area contributed by atoms with Crippen molar-refractivity contribution in [3.8, 4) is 0 Å². The van der Waals surface area contributed by atoms with Crippen LogP contribution in [0.15, 0.2) is 0 Å². The fraction of sp³-hybridized carbons (Fsp3) is 0.917. The molecule has 4 nitrogen and oxygen atoms in total. The van der Waals surface area contributed by atoms with Crippen LogP contribution < -0.4 is 5.73 Å². The number of hydrogen-bond acceptors (Lipinski definition) is 3. The monoisotopic (exact) mass is 311 g/mol. The molecular formula is C12H26BrNO3. The van der Waals surface area contributed by atoms with Gasteiger partial charge in [0.05, 0.1) is 12.0 Å². The third kappa shape index (κ3) is 8.57. The topological polar surface area (TPSA) is 72.6 Å². The van der Waals surface area contributed by atoms with Crippen LogP contribution in [-0.2, 0) is 9.53 Å². The van der Waals surface area contributed by atoms with Gasteiger partial charge in [0.1, 0.15) is 0 Å². The summed E-state index contributed by atoms with van der Waals surface area (Å²) in [6.07, 6.45) is 4.94. The van der Waals surface area contributed by atoms with E-state index in [4.69, 9.17) is 15.6 Å². The fourth-order valence-corrected chi connectivity index (χ4v) is 1.44. The molecule has 0 heterocycles. The summed E-state index contributed by atoms with van der Waals surface area (Å²) in [5.41, 5.74) is 4.55. The van der Waals surface area contributed by atoms with Gasteiger partial charge in [0.25, 0.3) is 0 Å². The Bertz CT molecular complexity index is 202. The molecule has 0 aromatic carbocycles. The molecule has 0 spiro atoms. The van der Waals surface area contributed by atoms with Crippen LogP contribution in [0, 0.1) is 5.41 Å². The molecule has 0 bridgehead atoms. The minimum Gasteiger partial charge on any atom is -0.396 e. The maximum absolute atomic E-state index is 11.2. The van der Waals surface area contributed by atoms with Gasteiger partial charge in [-0.1, -0.05) is 26.2 Å². The third-order valence-corrected chi connectivity index (χ3v) is 2.82. The molecule has 1 unspecified atom stereocenters. The highest BCUT2D eigenvalue weighted by Gasteiger charge is 2.30. The minimum atomic E-state index is -0.737. The quantitative estimate of drug-likeness (QED) is 0.606. The summed E-state index contributed by atoms with van der Waals surface area (Å²) in [6, 6.07) is 0. The van der Waals surface area contributed by atoms with Crippen molar-refractivity contribution in [2.45, 2.75) is 46.0 Å². The van der Waals surface area contributed by atoms with Crippen LogP contribution in [0.1, 0.15) is 46.0 Å². The molecular weight excluding hydrogens is 286 g/mol. The van der Waals surface area contributed by atoms with Crippen molar-refractivity contribution in [1.29, 1.82) is 0 Å². The first-order chi connectivity index (χ1) is 7.56. The molecule has 0 aliphatic rings. The Hall–Kier alpha value is -0.130. The van der Waals surface area contributed by atoms with Crippen LogP contribution in [0.3, 0.4) is 0 Å². The number of halogens is 1. The highest BCUT2D eigenvalue weighted by molar-refractivity contribution is 8.93. The Labute approximate surface area is 115 Å². The molecule has 0 radical (unpaired) electrons. The lowest BCUT2D eigenvalue weighted by Gasteiger charge is -2.24. The van der Waals surface area contributed by atoms with E-state index in [0.717, 1.165) is 12.8 Å². The van der Waals surface area contributed by atoms with E-state index in [1.807, 2.05) is 0 Å². The highest BCUT2D eigenvalue weighted by atomic mass is 79.9. The molecule has 0 saturated heterocycles. The number of hydrogen-bond donors (Lipinski definition) is 2. The van der Waals surface area contributed by atoms with Crippen LogP contribution in [0.5, 0.6) is 0 Å². The normalized spacial score (nSPS) is 13.8. The highest BCUT2D eigenvalue weighted by Crippen LogP contribution is 2.20. The van der Waals surface area contributed by atoms with Gasteiger partial charge in [0, 0.05) is 13.2 Å². The van der Waals surface area contributed by atoms with Crippen LogP contribution >= 0.6 is 17.0 Å². The smallest absolute Gasteiger partial charge is 0.225 e. The van der Waals surface area contributed by atoms with Crippen LogP contribution in [-0.4, -0.2) is 30.8 Å². The largest absolute Gasteiger partial charge is 0.396 e. The number of rotatable bonds is 10. The van der Waals surface area contributed by atoms with Gasteiger partial charge in [0.15, 0.2) is 0 Å². The molecule has 17 heavy (non-hydrogen) atoms. The van der Waals surface area contributed by atoms with Crippen LogP contribution in [0.25, 0.3) is 0 Å². The van der Waals surface area contributed by atoms with Crippen molar-refractivity contribution in [2.24, 2.45) is 11.1 Å². The van der Waals surface area contributed by atoms with Gasteiger partial charge >= 0.3 is 0 Å². The van der Waals surface area contributed by atoms with E-state index in [0.29, 0.717) is 19.6 Å². The molecule has 0 saturated carbocycles. The Kier molecular flexibility index (Phi) is 12.4. The maximum Gasteiger partial charge on any atom is 0.225 e. The van der Waals surface area contributed by atoms with E-state index in [1.54, 1.807) is 6.92 Å². The molecule has 0 rings (SSSR count). The Morgan fingerprint density at radius 3 is 2.47 bits per heavy atom. The molecule has 1 amide bonds. The van der Waals surface area contributed by atoms with Crippen LogP contribution in [0.2, 0.25) is 0 Å². The molecule has 0 fully saturated rings. The first-order valence-electron chi connectivity index (χ1n) is 6.05. The molecule has 0 aliphatic carbocycles. The zero-order valence-electron chi connectivity index (χ0n) is 10.9. The number of ether oxygens (including phenoxy) is 1. The maximum atomic E-state index is 11.2. The molecule has 104 valence electrons. The second-order valence-corrected chi connectivity index (χ2v) is 4.51. The van der Waals surface area contributed by atoms with Gasteiger partial charge < -0.3 is 15.6 Å². The summed E-state index contributed by atoms with van der Waals surface area (Å²) in [4.78, 5) is 11.2. The summed E-state index contributed by atoms with van der Waals surface area (Å²) in [6.45, 7) is 4.81. The minimum absolute atomic E-state index is 0. The summed E-state index contributed by atoms with van der Waals surface area (Å²) >= 11 is 0. The van der Waals surface area contributed by atoms with Crippen molar-refractivity contribution in [3.63, 3.8) is 0 Å². The van der Waals surface area contributed by atoms with Gasteiger partial charge in [-0.15, -0.1) is 17.0 Å². The number of aliphatic hydroxyl groups is 1. The second-order valence-electron chi connectivity index (χ2n) is 4.51. The lowest BCUT2D eigenvalue weighted by atomic mass is 9.87. The van der Waals surface area contributed by atoms with E-state index >= 15 is 0 Å². The number of carbonyl (C=O) groups excluding carboxylic acids is 1. The van der Waals surface area contributed by atoms with Crippen LogP contribution in [0.4, 0.5) is 0 Å². The molecule has 3 N–H and O–H groups in total. The molecule has 1 atom stereocenters. The lowest BCUT2D eigenvalue weighted by molar-refractivity contribution is -0.131. The second kappa shape index (κ2) is 11.0. The standard InChI is InChI=1S/C12H25NO3.BrH/c1-3-4-5-6-9-16-10-12(2,7-8-14)11(13)15;/h14H,3-10H2,1-2H3,(H2,13,15);1H. The molecule has 5 heteroatoms. The summed E-state index contributed by atoms with van der Waals surface area (Å²) in [5, 5.41) is 8.86. The van der Waals surface area contributed by atoms with E-state index in [-0.39, 0.29) is 23.6 Å². The fourth-order valence-electron chi connectivity index (χ4n) is 1.44. The number of nitrogens with two attached hydrogens (primary N) is 1. The Balaban J connectivity index is 0. The summed E-state index contributed by atoms with van der Waals surface area (Å²) < 4.78 is 5.45. The number of aliphatic hydroxyl groups excluding tert-OH is 1. The van der Waals surface area contributed by atoms with Gasteiger partial charge in [0.2, 0.25) is 5.91 Å². The average Bonchev–Trinajstić information content (AvgIpc) is 2.23. The average molecular weight is 312 g/mol. The Morgan fingerprint density at radius 1 is 1.35 bits per heavy atom. The van der Waals surface area contributed by atoms with Crippen molar-refractivity contribution in [3.05, 3.63) is 0 Å². The summed E-state index contributed by atoms with van der Waals surface area (Å²) in [7, 11) is 0. The predicted molar refractivity (Wildman–Crippen MR) is 74.3 cm³/mol. The predicted octanol–water partition coefficient (Wildman–Crippen LogP) is 2.04. The molecule has 0 aliphatic heterocycles. The van der Waals surface area contributed by atoms with E-state index in [1.165, 1.54) is 12.8 Å². The van der Waals surface area contributed by atoms with Crippen molar-refractivity contribution in [2.75, 3.05) is 19.8 Å². The Morgan fingerprint density at radius 2 is 2.00 bits per heavy atom. The third-order valence-electron chi connectivity index (χ3n) is 2.82. The number of primary amides is 1. The SMILES string of the molecule is Br.CCCCCCOCC(C)(CCO)C(N)=O. The van der Waals surface area contributed by atoms with Gasteiger partial charge in [-0.05, 0) is 19.8 Å². The molecule has 0 aromatic heterocycles. The van der Waals surface area contributed by atoms with E-state index in [2.05, 4.69) is 6.92 Å². The summed E-state index contributed by atoms with van der Waals surface area (Å²) in [5.74, 6) is -0.407. The van der Waals surface area contributed by atoms with Crippen molar-refractivity contribution in [1.82, 2.24) is 0 Å². The number of unbranched alkanes of at least 4 members (excludes halogenated alkanes) is 3. The van der Waals surface area contributed by atoms with Gasteiger partial charge in [-0.2, -0.15) is 0 Å².